The van der Waals surface area contributed by atoms with E-state index in [1.807, 2.05) is 6.92 Å². The molecule has 0 aromatic rings. The summed E-state index contributed by atoms with van der Waals surface area (Å²) in [5, 5.41) is 0. The lowest BCUT2D eigenvalue weighted by Gasteiger charge is -1.82. The third-order valence-corrected chi connectivity index (χ3v) is 2.24. The van der Waals surface area contributed by atoms with Crippen LogP contribution in [0, 0.1) is 0 Å². The molecule has 1 atom stereocenters. The van der Waals surface area contributed by atoms with Crippen molar-refractivity contribution in [1.29, 1.82) is 0 Å². The molecule has 2 nitrogen and oxygen atoms in total. The fraction of sp³-hybridized carbons (Fsp3) is 1.00. The lowest BCUT2D eigenvalue weighted by Crippen LogP contribution is -1.84. The molecule has 54 valence electrons. The van der Waals surface area contributed by atoms with Gasteiger partial charge in [0.15, 0.2) is 6.16 Å². The molecular weight excluding hydrogens is 158 g/mol. The zero-order valence-electron chi connectivity index (χ0n) is 5.47. The highest BCUT2D eigenvalue weighted by Gasteiger charge is 2.13. The normalized spacial score (nSPS) is 11.6. The molecule has 0 N–H and O–H groups in total. The minimum absolute atomic E-state index is 0.525. The molecule has 0 amide bonds. The molecule has 9 heavy (non-hydrogen) atoms. The van der Waals surface area contributed by atoms with Crippen LogP contribution in [0.15, 0.2) is 0 Å². The number of halogens is 1. The summed E-state index contributed by atoms with van der Waals surface area (Å²) < 4.78 is 15.5. The Morgan fingerprint density at radius 1 is 1.67 bits per heavy atom. The number of rotatable bonds is 5. The van der Waals surface area contributed by atoms with Crippen LogP contribution in [-0.4, -0.2) is 18.6 Å². The standard InChI is InChI=1S/C5H11ClO2P/c1-2-8-9(7)5-3-4-6/h2-5H2,1H3/q+1. The minimum Gasteiger partial charge on any atom is -0.147 e. The van der Waals surface area contributed by atoms with E-state index in [0.29, 0.717) is 18.6 Å². The average Bonchev–Trinajstić information content (AvgIpc) is 1.85. The molecule has 0 aliphatic carbocycles. The first-order valence-corrected chi connectivity index (χ1v) is 4.84. The SMILES string of the molecule is CCO[P+](=O)CCCCl. The van der Waals surface area contributed by atoms with E-state index in [4.69, 9.17) is 16.1 Å². The van der Waals surface area contributed by atoms with E-state index in [2.05, 4.69) is 0 Å². The Hall–Kier alpha value is 0.350. The van der Waals surface area contributed by atoms with Gasteiger partial charge in [0.2, 0.25) is 0 Å². The van der Waals surface area contributed by atoms with Gasteiger partial charge in [-0.2, -0.15) is 0 Å². The van der Waals surface area contributed by atoms with Gasteiger partial charge in [0.05, 0.1) is 6.61 Å². The maximum absolute atomic E-state index is 10.7. The van der Waals surface area contributed by atoms with Crippen LogP contribution >= 0.6 is 19.6 Å². The van der Waals surface area contributed by atoms with E-state index in [1.165, 1.54) is 0 Å². The largest absolute Gasteiger partial charge is 0.508 e. The second-order valence-corrected chi connectivity index (χ2v) is 3.27. The number of alkyl halides is 1. The van der Waals surface area contributed by atoms with Crippen LogP contribution in [0.1, 0.15) is 13.3 Å². The van der Waals surface area contributed by atoms with Gasteiger partial charge in [-0.15, -0.1) is 16.1 Å². The van der Waals surface area contributed by atoms with Gasteiger partial charge in [-0.25, -0.2) is 0 Å². The molecule has 0 aromatic carbocycles. The second-order valence-electron chi connectivity index (χ2n) is 1.52. The van der Waals surface area contributed by atoms with E-state index in [0.717, 1.165) is 6.42 Å². The minimum atomic E-state index is -1.42. The third-order valence-electron chi connectivity index (χ3n) is 0.747. The van der Waals surface area contributed by atoms with Gasteiger partial charge in [0.1, 0.15) is 0 Å². The van der Waals surface area contributed by atoms with Gasteiger partial charge >= 0.3 is 8.03 Å². The van der Waals surface area contributed by atoms with Crippen molar-refractivity contribution in [1.82, 2.24) is 0 Å². The molecule has 0 aromatic heterocycles. The van der Waals surface area contributed by atoms with E-state index < -0.39 is 8.03 Å². The lowest BCUT2D eigenvalue weighted by molar-refractivity contribution is 0.350. The number of hydrogen-bond acceptors (Lipinski definition) is 2. The van der Waals surface area contributed by atoms with Crippen LogP contribution in [0.3, 0.4) is 0 Å². The van der Waals surface area contributed by atoms with Gasteiger partial charge in [-0.1, -0.05) is 0 Å². The molecule has 0 saturated carbocycles. The Balaban J connectivity index is 3.06. The molecule has 0 radical (unpaired) electrons. The summed E-state index contributed by atoms with van der Waals surface area (Å²) >= 11 is 5.36. The summed E-state index contributed by atoms with van der Waals surface area (Å²) in [5.41, 5.74) is 0. The summed E-state index contributed by atoms with van der Waals surface area (Å²) in [4.78, 5) is 0. The fourth-order valence-corrected chi connectivity index (χ4v) is 1.55. The summed E-state index contributed by atoms with van der Waals surface area (Å²) in [6.45, 7) is 2.35. The summed E-state index contributed by atoms with van der Waals surface area (Å²) in [6, 6.07) is 0. The smallest absolute Gasteiger partial charge is 0.147 e. The molecule has 0 saturated heterocycles. The maximum Gasteiger partial charge on any atom is 0.508 e. The molecule has 0 aliphatic heterocycles. The van der Waals surface area contributed by atoms with Crippen LogP contribution in [0.5, 0.6) is 0 Å². The van der Waals surface area contributed by atoms with E-state index in [9.17, 15) is 4.57 Å². The number of hydrogen-bond donors (Lipinski definition) is 0. The monoisotopic (exact) mass is 169 g/mol. The zero-order chi connectivity index (χ0) is 7.11. The van der Waals surface area contributed by atoms with Gasteiger partial charge in [0, 0.05) is 12.3 Å². The van der Waals surface area contributed by atoms with Crippen molar-refractivity contribution in [3.8, 4) is 0 Å². The molecule has 0 heterocycles. The predicted molar refractivity (Wildman–Crippen MR) is 39.4 cm³/mol. The molecule has 0 spiro atoms. The first kappa shape index (κ1) is 9.35. The van der Waals surface area contributed by atoms with Crippen LogP contribution in [0.2, 0.25) is 0 Å². The maximum atomic E-state index is 10.7. The molecular formula is C5H11ClO2P+. The average molecular weight is 170 g/mol. The van der Waals surface area contributed by atoms with E-state index in [1.54, 1.807) is 0 Å². The first-order chi connectivity index (χ1) is 4.31. The van der Waals surface area contributed by atoms with Gasteiger partial charge < -0.3 is 0 Å². The van der Waals surface area contributed by atoms with E-state index in [-0.39, 0.29) is 0 Å². The fourth-order valence-electron chi connectivity index (χ4n) is 0.397. The van der Waals surface area contributed by atoms with Crippen molar-refractivity contribution >= 4 is 19.6 Å². The molecule has 0 aliphatic rings. The summed E-state index contributed by atoms with van der Waals surface area (Å²) in [7, 11) is -1.42. The molecule has 0 rings (SSSR count). The third kappa shape index (κ3) is 6.23. The van der Waals surface area contributed by atoms with Crippen molar-refractivity contribution in [3.63, 3.8) is 0 Å². The summed E-state index contributed by atoms with van der Waals surface area (Å²) in [5.74, 6) is 0.564. The van der Waals surface area contributed by atoms with Crippen LogP contribution in [0.25, 0.3) is 0 Å². The molecule has 0 bridgehead atoms. The Labute approximate surface area is 61.4 Å². The van der Waals surface area contributed by atoms with Crippen molar-refractivity contribution in [2.45, 2.75) is 13.3 Å². The molecule has 4 heteroatoms. The molecule has 0 fully saturated rings. The van der Waals surface area contributed by atoms with Gasteiger partial charge in [-0.3, -0.25) is 0 Å². The Kier molecular flexibility index (Phi) is 6.72. The topological polar surface area (TPSA) is 26.3 Å². The van der Waals surface area contributed by atoms with Crippen molar-refractivity contribution in [2.24, 2.45) is 0 Å². The lowest BCUT2D eigenvalue weighted by atomic mass is 10.6. The molecule has 1 unspecified atom stereocenters. The van der Waals surface area contributed by atoms with Gasteiger partial charge in [0.25, 0.3) is 0 Å². The quantitative estimate of drug-likeness (QED) is 0.467. The Morgan fingerprint density at radius 3 is 2.78 bits per heavy atom. The van der Waals surface area contributed by atoms with E-state index >= 15 is 0 Å². The van der Waals surface area contributed by atoms with Crippen LogP contribution in [-0.2, 0) is 9.09 Å². The zero-order valence-corrected chi connectivity index (χ0v) is 7.12. The highest BCUT2D eigenvalue weighted by Crippen LogP contribution is 2.22. The predicted octanol–water partition coefficient (Wildman–Crippen LogP) is 2.39. The van der Waals surface area contributed by atoms with Gasteiger partial charge in [-0.05, 0) is 11.5 Å². The van der Waals surface area contributed by atoms with Crippen molar-refractivity contribution in [2.75, 3.05) is 18.6 Å². The highest BCUT2D eigenvalue weighted by atomic mass is 35.5. The summed E-state index contributed by atoms with van der Waals surface area (Å²) in [6.07, 6.45) is 1.36. The second kappa shape index (κ2) is 6.47. The Bertz CT molecular complexity index is 87.0. The van der Waals surface area contributed by atoms with Crippen LogP contribution in [0.4, 0.5) is 0 Å². The Morgan fingerprint density at radius 2 is 2.33 bits per heavy atom. The highest BCUT2D eigenvalue weighted by molar-refractivity contribution is 7.39. The van der Waals surface area contributed by atoms with Crippen molar-refractivity contribution in [3.05, 3.63) is 0 Å². The van der Waals surface area contributed by atoms with Crippen molar-refractivity contribution < 1.29 is 9.09 Å². The first-order valence-electron chi connectivity index (χ1n) is 2.94. The van der Waals surface area contributed by atoms with Crippen LogP contribution < -0.4 is 0 Å².